The Bertz CT molecular complexity index is 394. The highest BCUT2D eigenvalue weighted by atomic mass is 127. The highest BCUT2D eigenvalue weighted by Crippen LogP contribution is 2.26. The van der Waals surface area contributed by atoms with Crippen LogP contribution in [0.2, 0.25) is 0 Å². The molecule has 3 nitrogen and oxygen atoms in total. The molecule has 4 heteroatoms. The molecule has 18 heavy (non-hydrogen) atoms. The van der Waals surface area contributed by atoms with Gasteiger partial charge in [-0.15, -0.1) is 0 Å². The summed E-state index contributed by atoms with van der Waals surface area (Å²) in [7, 11) is 0. The molecule has 0 amide bonds. The Kier molecular flexibility index (Phi) is 5.00. The van der Waals surface area contributed by atoms with Crippen molar-refractivity contribution in [3.8, 4) is 5.75 Å². The normalized spacial score (nSPS) is 23.7. The Morgan fingerprint density at radius 3 is 2.33 bits per heavy atom. The lowest BCUT2D eigenvalue weighted by Crippen LogP contribution is -2.21. The van der Waals surface area contributed by atoms with Crippen molar-refractivity contribution in [3.63, 3.8) is 0 Å². The van der Waals surface area contributed by atoms with E-state index < -0.39 is 0 Å². The van der Waals surface area contributed by atoms with E-state index in [4.69, 9.17) is 9.78 Å². The van der Waals surface area contributed by atoms with Gasteiger partial charge in [-0.2, -0.15) is 4.89 Å². The van der Waals surface area contributed by atoms with E-state index >= 15 is 0 Å². The quantitative estimate of drug-likeness (QED) is 0.350. The molecule has 0 aromatic heterocycles. The molecule has 0 saturated heterocycles. The number of hydrogen-bond donors (Lipinski definition) is 0. The third-order valence-electron chi connectivity index (χ3n) is 3.32. The molecule has 1 aromatic carbocycles. The lowest BCUT2D eigenvalue weighted by molar-refractivity contribution is -0.252. The van der Waals surface area contributed by atoms with Crippen molar-refractivity contribution < 1.29 is 14.6 Å². The summed E-state index contributed by atoms with van der Waals surface area (Å²) in [5, 5.41) is 0. The van der Waals surface area contributed by atoms with Gasteiger partial charge in [-0.3, -0.25) is 4.79 Å². The van der Waals surface area contributed by atoms with E-state index in [1.807, 2.05) is 0 Å². The Hall–Kier alpha value is -0.620. The third kappa shape index (κ3) is 3.95. The minimum absolute atomic E-state index is 0.0290. The number of halogens is 1. The Balaban J connectivity index is 1.81. The molecule has 0 unspecified atom stereocenters. The van der Waals surface area contributed by atoms with E-state index in [-0.39, 0.29) is 9.89 Å². The van der Waals surface area contributed by atoms with Crippen LogP contribution in [0.4, 0.5) is 0 Å². The number of carbonyl (C=O) groups excluding carboxylic acids is 1. The fraction of sp³-hybridized carbons (Fsp3) is 0.500. The molecule has 1 aliphatic rings. The zero-order chi connectivity index (χ0) is 13.0. The monoisotopic (exact) mass is 360 g/mol. The molecule has 0 spiro atoms. The van der Waals surface area contributed by atoms with Crippen molar-refractivity contribution in [2.24, 2.45) is 5.92 Å². The van der Waals surface area contributed by atoms with Gasteiger partial charge in [-0.1, -0.05) is 6.92 Å². The van der Waals surface area contributed by atoms with E-state index in [1.54, 1.807) is 46.9 Å². The Morgan fingerprint density at radius 1 is 1.17 bits per heavy atom. The van der Waals surface area contributed by atoms with Crippen LogP contribution in [-0.4, -0.2) is 9.89 Å². The predicted molar refractivity (Wildman–Crippen MR) is 77.9 cm³/mol. The average molecular weight is 360 g/mol. The largest absolute Gasteiger partial charge is 0.337 e. The van der Waals surface area contributed by atoms with Crippen LogP contribution in [0.5, 0.6) is 5.75 Å². The van der Waals surface area contributed by atoms with Crippen LogP contribution in [-0.2, 0) is 4.89 Å². The zero-order valence-electron chi connectivity index (χ0n) is 10.4. The molecule has 1 fully saturated rings. The molecule has 1 saturated carbocycles. The van der Waals surface area contributed by atoms with E-state index in [9.17, 15) is 4.79 Å². The maximum atomic E-state index is 11.1. The molecular formula is C14H17IO3. The average Bonchev–Trinajstić information content (AvgIpc) is 2.38. The summed E-state index contributed by atoms with van der Waals surface area (Å²) in [5.41, 5.74) is 0.675. The lowest BCUT2D eigenvalue weighted by atomic mass is 9.89. The number of benzene rings is 1. The van der Waals surface area contributed by atoms with Crippen molar-refractivity contribution in [1.29, 1.82) is 0 Å². The lowest BCUT2D eigenvalue weighted by Gasteiger charge is -2.24. The first-order chi connectivity index (χ1) is 8.65. The van der Waals surface area contributed by atoms with Gasteiger partial charge in [0.05, 0.1) is 0 Å². The van der Waals surface area contributed by atoms with E-state index in [0.717, 1.165) is 18.8 Å². The maximum Gasteiger partial charge on any atom is 0.222 e. The number of rotatable bonds is 4. The summed E-state index contributed by atoms with van der Waals surface area (Å²) in [6.07, 6.45) is 4.73. The van der Waals surface area contributed by atoms with Gasteiger partial charge >= 0.3 is 0 Å². The van der Waals surface area contributed by atoms with Gasteiger partial charge in [0.2, 0.25) is 3.79 Å². The SMILES string of the molecule is CC1CCC(OOc2ccc(C(=O)I)cc2)CC1. The fourth-order valence-electron chi connectivity index (χ4n) is 2.09. The summed E-state index contributed by atoms with van der Waals surface area (Å²) < 4.78 is 0.0290. The standard InChI is InChI=1S/C14H17IO3/c1-10-2-6-12(7-3-10)17-18-13-8-4-11(5-9-13)14(15)16/h4-5,8-10,12H,2-3,6-7H2,1H3. The zero-order valence-corrected chi connectivity index (χ0v) is 12.6. The third-order valence-corrected chi connectivity index (χ3v) is 3.95. The van der Waals surface area contributed by atoms with E-state index in [1.165, 1.54) is 12.8 Å². The van der Waals surface area contributed by atoms with Crippen LogP contribution in [0.3, 0.4) is 0 Å². The summed E-state index contributed by atoms with van der Waals surface area (Å²) in [6.45, 7) is 2.27. The molecule has 1 aromatic rings. The van der Waals surface area contributed by atoms with Gasteiger partial charge in [0.25, 0.3) is 0 Å². The van der Waals surface area contributed by atoms with Crippen LogP contribution in [0.15, 0.2) is 24.3 Å². The van der Waals surface area contributed by atoms with Crippen LogP contribution >= 0.6 is 22.6 Å². The van der Waals surface area contributed by atoms with Gasteiger partial charge in [0.1, 0.15) is 6.10 Å². The number of hydrogen-bond acceptors (Lipinski definition) is 3. The molecule has 1 aliphatic carbocycles. The first kappa shape index (κ1) is 13.8. The molecule has 0 N–H and O–H groups in total. The fourth-order valence-corrected chi connectivity index (χ4v) is 2.45. The smallest absolute Gasteiger partial charge is 0.222 e. The molecular weight excluding hydrogens is 343 g/mol. The molecule has 98 valence electrons. The first-order valence-corrected chi connectivity index (χ1v) is 7.36. The van der Waals surface area contributed by atoms with E-state index in [2.05, 4.69) is 6.92 Å². The van der Waals surface area contributed by atoms with Crippen LogP contribution in [0.25, 0.3) is 0 Å². The summed E-state index contributed by atoms with van der Waals surface area (Å²) in [6, 6.07) is 7.02. The van der Waals surface area contributed by atoms with Gasteiger partial charge in [-0.25, -0.2) is 0 Å². The highest BCUT2D eigenvalue weighted by molar-refractivity contribution is 14.1. The second kappa shape index (κ2) is 6.52. The second-order valence-corrected chi connectivity index (χ2v) is 5.84. The Labute approximate surface area is 121 Å². The molecule has 0 bridgehead atoms. The number of carbonyl (C=O) groups is 1. The van der Waals surface area contributed by atoms with Crippen molar-refractivity contribution >= 4 is 26.4 Å². The first-order valence-electron chi connectivity index (χ1n) is 6.28. The molecule has 0 aliphatic heterocycles. The van der Waals surface area contributed by atoms with Gasteiger partial charge in [-0.05, 0) is 55.9 Å². The van der Waals surface area contributed by atoms with E-state index in [0.29, 0.717) is 11.3 Å². The summed E-state index contributed by atoms with van der Waals surface area (Å²) in [4.78, 5) is 21.8. The van der Waals surface area contributed by atoms with Gasteiger partial charge in [0.15, 0.2) is 5.75 Å². The minimum atomic E-state index is 0.0290. The van der Waals surface area contributed by atoms with Crippen molar-refractivity contribution in [1.82, 2.24) is 0 Å². The van der Waals surface area contributed by atoms with Crippen LogP contribution in [0, 0.1) is 5.92 Å². The summed E-state index contributed by atoms with van der Waals surface area (Å²) >= 11 is 1.77. The van der Waals surface area contributed by atoms with Gasteiger partial charge in [0, 0.05) is 28.2 Å². The molecule has 0 radical (unpaired) electrons. The van der Waals surface area contributed by atoms with Crippen LogP contribution in [0.1, 0.15) is 43.0 Å². The molecule has 0 atom stereocenters. The van der Waals surface area contributed by atoms with Crippen molar-refractivity contribution in [3.05, 3.63) is 29.8 Å². The second-order valence-electron chi connectivity index (χ2n) is 4.86. The van der Waals surface area contributed by atoms with Gasteiger partial charge < -0.3 is 4.89 Å². The molecule has 0 heterocycles. The van der Waals surface area contributed by atoms with Crippen molar-refractivity contribution in [2.75, 3.05) is 0 Å². The Morgan fingerprint density at radius 2 is 1.78 bits per heavy atom. The highest BCUT2D eigenvalue weighted by Gasteiger charge is 2.19. The molecule has 2 rings (SSSR count). The summed E-state index contributed by atoms with van der Waals surface area (Å²) in [5.74, 6) is 1.45. The van der Waals surface area contributed by atoms with Crippen LogP contribution < -0.4 is 4.89 Å². The van der Waals surface area contributed by atoms with Crippen molar-refractivity contribution in [2.45, 2.75) is 38.7 Å². The predicted octanol–water partition coefficient (Wildman–Crippen LogP) is 4.15. The topological polar surface area (TPSA) is 35.5 Å². The maximum absolute atomic E-state index is 11.1. The minimum Gasteiger partial charge on any atom is -0.337 e.